The summed E-state index contributed by atoms with van der Waals surface area (Å²) < 4.78 is 0. The second-order valence-corrected chi connectivity index (χ2v) is 7.18. The van der Waals surface area contributed by atoms with Crippen LogP contribution in [0.4, 0.5) is 0 Å². The number of aliphatic hydroxyl groups is 1. The number of para-hydroxylation sites is 1. The quantitative estimate of drug-likeness (QED) is 0.919. The Morgan fingerprint density at radius 3 is 2.40 bits per heavy atom. The summed E-state index contributed by atoms with van der Waals surface area (Å²) in [6.07, 6.45) is 2.26. The first kappa shape index (κ1) is 13.6. The molecular formula is C18H23NO. The van der Waals surface area contributed by atoms with Crippen LogP contribution < -0.4 is 0 Å². The SMILES string of the molecule is CC1(C)C(C(O)Cc2ccnc3ccccc23)C1(C)C. The number of nitrogens with zero attached hydrogens (tertiary/aromatic N) is 1. The fourth-order valence-electron chi connectivity index (χ4n) is 3.89. The first-order chi connectivity index (χ1) is 9.35. The van der Waals surface area contributed by atoms with Crippen LogP contribution in [0.15, 0.2) is 36.5 Å². The lowest BCUT2D eigenvalue weighted by Gasteiger charge is -2.14. The minimum atomic E-state index is -0.286. The largest absolute Gasteiger partial charge is 0.392 e. The first-order valence-electron chi connectivity index (χ1n) is 7.36. The molecule has 1 saturated carbocycles. The molecule has 0 aliphatic heterocycles. The molecule has 1 aliphatic rings. The molecule has 3 rings (SSSR count). The highest BCUT2D eigenvalue weighted by Crippen LogP contribution is 2.69. The van der Waals surface area contributed by atoms with Crippen molar-refractivity contribution >= 4 is 10.9 Å². The van der Waals surface area contributed by atoms with E-state index in [1.165, 1.54) is 5.56 Å². The van der Waals surface area contributed by atoms with Crippen LogP contribution in [0, 0.1) is 16.7 Å². The number of aromatic nitrogens is 1. The molecule has 1 fully saturated rings. The molecule has 1 N–H and O–H groups in total. The second-order valence-electron chi connectivity index (χ2n) is 7.18. The third kappa shape index (κ3) is 1.86. The van der Waals surface area contributed by atoms with Gasteiger partial charge in [-0.2, -0.15) is 0 Å². The van der Waals surface area contributed by atoms with Crippen molar-refractivity contribution in [1.82, 2.24) is 4.98 Å². The van der Waals surface area contributed by atoms with Gasteiger partial charge in [0.05, 0.1) is 11.6 Å². The molecule has 2 nitrogen and oxygen atoms in total. The normalized spacial score (nSPS) is 21.9. The van der Waals surface area contributed by atoms with Gasteiger partial charge in [0, 0.05) is 11.6 Å². The molecular weight excluding hydrogens is 246 g/mol. The van der Waals surface area contributed by atoms with Gasteiger partial charge >= 0.3 is 0 Å². The van der Waals surface area contributed by atoms with Gasteiger partial charge < -0.3 is 5.11 Å². The Balaban J connectivity index is 1.88. The molecule has 0 radical (unpaired) electrons. The van der Waals surface area contributed by atoms with Gasteiger partial charge in [-0.3, -0.25) is 4.98 Å². The summed E-state index contributed by atoms with van der Waals surface area (Å²) in [5.74, 6) is 0.363. The zero-order valence-corrected chi connectivity index (χ0v) is 12.7. The summed E-state index contributed by atoms with van der Waals surface area (Å²) >= 11 is 0. The maximum atomic E-state index is 10.7. The zero-order valence-electron chi connectivity index (χ0n) is 12.7. The van der Waals surface area contributed by atoms with Crippen molar-refractivity contribution in [1.29, 1.82) is 0 Å². The minimum Gasteiger partial charge on any atom is -0.392 e. The van der Waals surface area contributed by atoms with E-state index in [4.69, 9.17) is 0 Å². The number of hydrogen-bond donors (Lipinski definition) is 1. The van der Waals surface area contributed by atoms with E-state index in [-0.39, 0.29) is 16.9 Å². The van der Waals surface area contributed by atoms with E-state index in [9.17, 15) is 5.11 Å². The van der Waals surface area contributed by atoms with Crippen molar-refractivity contribution in [3.05, 3.63) is 42.1 Å². The molecule has 0 bridgehead atoms. The Hall–Kier alpha value is -1.41. The highest BCUT2D eigenvalue weighted by atomic mass is 16.3. The van der Waals surface area contributed by atoms with Crippen LogP contribution in [-0.4, -0.2) is 16.2 Å². The number of fused-ring (bicyclic) bond motifs is 1. The van der Waals surface area contributed by atoms with E-state index < -0.39 is 0 Å². The lowest BCUT2D eigenvalue weighted by Crippen LogP contribution is -2.17. The average Bonchev–Trinajstić information content (AvgIpc) is 2.80. The lowest BCUT2D eigenvalue weighted by atomic mass is 9.97. The Kier molecular flexibility index (Phi) is 2.91. The van der Waals surface area contributed by atoms with Gasteiger partial charge in [0.15, 0.2) is 0 Å². The Morgan fingerprint density at radius 2 is 1.75 bits per heavy atom. The van der Waals surface area contributed by atoms with E-state index in [1.807, 2.05) is 30.5 Å². The molecule has 1 aromatic carbocycles. The smallest absolute Gasteiger partial charge is 0.0704 e. The molecule has 1 atom stereocenters. The van der Waals surface area contributed by atoms with Crippen LogP contribution in [0.3, 0.4) is 0 Å². The van der Waals surface area contributed by atoms with E-state index >= 15 is 0 Å². The molecule has 1 aliphatic carbocycles. The van der Waals surface area contributed by atoms with Crippen molar-refractivity contribution in [2.45, 2.75) is 40.2 Å². The van der Waals surface area contributed by atoms with Gasteiger partial charge in [-0.05, 0) is 40.9 Å². The molecule has 2 heteroatoms. The maximum Gasteiger partial charge on any atom is 0.0704 e. The van der Waals surface area contributed by atoms with Crippen LogP contribution in [-0.2, 0) is 6.42 Å². The maximum absolute atomic E-state index is 10.7. The predicted octanol–water partition coefficient (Wildman–Crippen LogP) is 3.82. The van der Waals surface area contributed by atoms with Gasteiger partial charge in [0.1, 0.15) is 0 Å². The van der Waals surface area contributed by atoms with Gasteiger partial charge in [-0.15, -0.1) is 0 Å². The Labute approximate surface area is 120 Å². The van der Waals surface area contributed by atoms with Gasteiger partial charge in [-0.25, -0.2) is 0 Å². The average molecular weight is 269 g/mol. The van der Waals surface area contributed by atoms with Crippen molar-refractivity contribution in [2.24, 2.45) is 16.7 Å². The minimum absolute atomic E-state index is 0.218. The molecule has 20 heavy (non-hydrogen) atoms. The van der Waals surface area contributed by atoms with E-state index in [2.05, 4.69) is 38.7 Å². The predicted molar refractivity (Wildman–Crippen MR) is 82.5 cm³/mol. The molecule has 1 aromatic heterocycles. The number of benzene rings is 1. The fourth-order valence-corrected chi connectivity index (χ4v) is 3.89. The van der Waals surface area contributed by atoms with Crippen molar-refractivity contribution < 1.29 is 5.11 Å². The standard InChI is InChI=1S/C18H23NO/c1-17(2)16(18(17,3)4)15(20)11-12-9-10-19-14-8-6-5-7-13(12)14/h5-10,15-16,20H,11H2,1-4H3. The number of aliphatic hydroxyl groups excluding tert-OH is 1. The second kappa shape index (κ2) is 4.29. The van der Waals surface area contributed by atoms with Crippen molar-refractivity contribution in [3.8, 4) is 0 Å². The van der Waals surface area contributed by atoms with E-state index in [0.717, 1.165) is 10.9 Å². The molecule has 2 aromatic rings. The van der Waals surface area contributed by atoms with Gasteiger partial charge in [0.2, 0.25) is 0 Å². The highest BCUT2D eigenvalue weighted by Gasteiger charge is 2.66. The van der Waals surface area contributed by atoms with Gasteiger partial charge in [0.25, 0.3) is 0 Å². The van der Waals surface area contributed by atoms with Crippen LogP contribution in [0.2, 0.25) is 0 Å². The fraction of sp³-hybridized carbons (Fsp3) is 0.500. The summed E-state index contributed by atoms with van der Waals surface area (Å²) in [4.78, 5) is 4.39. The number of hydrogen-bond acceptors (Lipinski definition) is 2. The Morgan fingerprint density at radius 1 is 1.10 bits per heavy atom. The van der Waals surface area contributed by atoms with Crippen LogP contribution in [0.25, 0.3) is 10.9 Å². The lowest BCUT2D eigenvalue weighted by molar-refractivity contribution is 0.130. The molecule has 0 saturated heterocycles. The van der Waals surface area contributed by atoms with Crippen molar-refractivity contribution in [3.63, 3.8) is 0 Å². The summed E-state index contributed by atoms with van der Waals surface area (Å²) in [6, 6.07) is 10.2. The third-order valence-corrected chi connectivity index (χ3v) is 5.69. The first-order valence-corrected chi connectivity index (χ1v) is 7.36. The third-order valence-electron chi connectivity index (χ3n) is 5.69. The molecule has 1 heterocycles. The van der Waals surface area contributed by atoms with E-state index in [1.54, 1.807) is 0 Å². The molecule has 0 spiro atoms. The van der Waals surface area contributed by atoms with E-state index in [0.29, 0.717) is 12.3 Å². The van der Waals surface area contributed by atoms with Crippen molar-refractivity contribution in [2.75, 3.05) is 0 Å². The van der Waals surface area contributed by atoms with Gasteiger partial charge in [-0.1, -0.05) is 45.9 Å². The summed E-state index contributed by atoms with van der Waals surface area (Å²) in [5.41, 5.74) is 2.64. The van der Waals surface area contributed by atoms with Crippen LogP contribution in [0.1, 0.15) is 33.3 Å². The number of pyridine rings is 1. The molecule has 0 amide bonds. The monoisotopic (exact) mass is 269 g/mol. The van der Waals surface area contributed by atoms with Crippen LogP contribution >= 0.6 is 0 Å². The zero-order chi connectivity index (χ0) is 14.5. The molecule has 1 unspecified atom stereocenters. The molecule has 106 valence electrons. The highest BCUT2D eigenvalue weighted by molar-refractivity contribution is 5.81. The summed E-state index contributed by atoms with van der Waals surface area (Å²) in [5, 5.41) is 11.8. The topological polar surface area (TPSA) is 33.1 Å². The van der Waals surface area contributed by atoms with Crippen LogP contribution in [0.5, 0.6) is 0 Å². The Bertz CT molecular complexity index is 625. The summed E-state index contributed by atoms with van der Waals surface area (Å²) in [6.45, 7) is 9.02. The summed E-state index contributed by atoms with van der Waals surface area (Å²) in [7, 11) is 0. The number of rotatable bonds is 3.